The molecule has 2 aliphatic rings. The Bertz CT molecular complexity index is 364. The van der Waals surface area contributed by atoms with Gasteiger partial charge >= 0.3 is 0 Å². The van der Waals surface area contributed by atoms with Crippen molar-refractivity contribution in [2.24, 2.45) is 11.8 Å². The molecule has 1 heterocycles. The Morgan fingerprint density at radius 3 is 2.53 bits per heavy atom. The fourth-order valence-electron chi connectivity index (χ4n) is 3.19. The molecule has 4 heteroatoms. The largest absolute Gasteiger partial charge is 0.333 e. The van der Waals surface area contributed by atoms with Crippen molar-refractivity contribution in [1.82, 2.24) is 4.90 Å². The van der Waals surface area contributed by atoms with Crippen molar-refractivity contribution in [3.63, 3.8) is 0 Å². The number of ketones is 2. The number of carbonyl (C=O) groups excluding carboxylic acids is 3. The van der Waals surface area contributed by atoms with Crippen LogP contribution in [0.4, 0.5) is 0 Å². The van der Waals surface area contributed by atoms with E-state index in [-0.39, 0.29) is 17.7 Å². The van der Waals surface area contributed by atoms with Crippen LogP contribution in [-0.2, 0) is 14.4 Å². The van der Waals surface area contributed by atoms with Crippen LogP contribution in [0.5, 0.6) is 0 Å². The lowest BCUT2D eigenvalue weighted by Gasteiger charge is -2.44. The van der Waals surface area contributed by atoms with E-state index in [4.69, 9.17) is 0 Å². The van der Waals surface area contributed by atoms with Gasteiger partial charge in [-0.15, -0.1) is 0 Å². The van der Waals surface area contributed by atoms with Crippen molar-refractivity contribution in [2.45, 2.75) is 45.6 Å². The summed E-state index contributed by atoms with van der Waals surface area (Å²) in [6.45, 7) is 3.70. The summed E-state index contributed by atoms with van der Waals surface area (Å²) in [5, 5.41) is 0. The van der Waals surface area contributed by atoms with Gasteiger partial charge in [-0.2, -0.15) is 0 Å². The number of hydrogen-bond donors (Lipinski definition) is 0. The zero-order valence-corrected chi connectivity index (χ0v) is 10.4. The van der Waals surface area contributed by atoms with Crippen LogP contribution in [0.1, 0.15) is 39.5 Å². The van der Waals surface area contributed by atoms with Crippen LogP contribution >= 0.6 is 0 Å². The molecule has 3 atom stereocenters. The Labute approximate surface area is 101 Å². The Kier molecular flexibility index (Phi) is 3.31. The lowest BCUT2D eigenvalue weighted by atomic mass is 9.72. The molecule has 17 heavy (non-hydrogen) atoms. The van der Waals surface area contributed by atoms with E-state index in [0.717, 1.165) is 6.42 Å². The molecule has 1 aliphatic heterocycles. The second-order valence-corrected chi connectivity index (χ2v) is 5.34. The van der Waals surface area contributed by atoms with Crippen LogP contribution < -0.4 is 0 Å². The first-order valence-electron chi connectivity index (χ1n) is 6.28. The number of carbonyl (C=O) groups is 3. The van der Waals surface area contributed by atoms with Crippen molar-refractivity contribution >= 4 is 17.5 Å². The summed E-state index contributed by atoms with van der Waals surface area (Å²) in [4.78, 5) is 36.3. The lowest BCUT2D eigenvalue weighted by molar-refractivity contribution is -0.143. The third-order valence-electron chi connectivity index (χ3n) is 4.16. The van der Waals surface area contributed by atoms with Crippen molar-refractivity contribution in [3.8, 4) is 0 Å². The van der Waals surface area contributed by atoms with Gasteiger partial charge in [0.25, 0.3) is 0 Å². The summed E-state index contributed by atoms with van der Waals surface area (Å²) in [6.07, 6.45) is 2.78. The summed E-state index contributed by atoms with van der Waals surface area (Å²) >= 11 is 0. The zero-order chi connectivity index (χ0) is 12.6. The highest BCUT2D eigenvalue weighted by Crippen LogP contribution is 2.37. The van der Waals surface area contributed by atoms with Gasteiger partial charge in [0, 0.05) is 26.3 Å². The summed E-state index contributed by atoms with van der Waals surface area (Å²) in [7, 11) is 0. The van der Waals surface area contributed by atoms with E-state index in [1.165, 1.54) is 13.8 Å². The number of likely N-dealkylation sites (tertiary alicyclic amines) is 1. The highest BCUT2D eigenvalue weighted by molar-refractivity contribution is 5.87. The molecule has 2 rings (SSSR count). The van der Waals surface area contributed by atoms with Crippen LogP contribution in [0.3, 0.4) is 0 Å². The molecule has 1 saturated heterocycles. The van der Waals surface area contributed by atoms with Crippen LogP contribution in [0, 0.1) is 11.8 Å². The van der Waals surface area contributed by atoms with Gasteiger partial charge in [-0.05, 0) is 31.6 Å². The topological polar surface area (TPSA) is 54.5 Å². The maximum atomic E-state index is 11.6. The summed E-state index contributed by atoms with van der Waals surface area (Å²) in [5.41, 5.74) is 0. The van der Waals surface area contributed by atoms with Crippen molar-refractivity contribution in [3.05, 3.63) is 0 Å². The second-order valence-electron chi connectivity index (χ2n) is 5.34. The molecule has 94 valence electrons. The van der Waals surface area contributed by atoms with E-state index < -0.39 is 0 Å². The van der Waals surface area contributed by atoms with Crippen LogP contribution in [0.15, 0.2) is 0 Å². The Hall–Kier alpha value is -1.19. The van der Waals surface area contributed by atoms with Crippen molar-refractivity contribution in [2.75, 3.05) is 6.54 Å². The molecule has 1 aliphatic carbocycles. The molecule has 0 unspecified atom stereocenters. The molecule has 0 spiro atoms. The number of rotatable bonds is 1. The summed E-state index contributed by atoms with van der Waals surface area (Å²) in [5.74, 6) is 1.04. The Morgan fingerprint density at radius 2 is 1.94 bits per heavy atom. The first-order valence-corrected chi connectivity index (χ1v) is 6.28. The molecule has 0 aromatic rings. The minimum absolute atomic E-state index is 0.0273. The van der Waals surface area contributed by atoms with Gasteiger partial charge in [0.05, 0.1) is 6.04 Å². The molecule has 0 bridgehead atoms. The molecule has 4 nitrogen and oxygen atoms in total. The Morgan fingerprint density at radius 1 is 1.24 bits per heavy atom. The van der Waals surface area contributed by atoms with E-state index >= 15 is 0 Å². The fraction of sp³-hybridized carbons (Fsp3) is 0.769. The Balaban J connectivity index is 2.15. The lowest BCUT2D eigenvalue weighted by Crippen LogP contribution is -2.53. The van der Waals surface area contributed by atoms with Crippen LogP contribution in [0.25, 0.3) is 0 Å². The van der Waals surface area contributed by atoms with Gasteiger partial charge in [-0.25, -0.2) is 0 Å². The summed E-state index contributed by atoms with van der Waals surface area (Å²) < 4.78 is 0. The van der Waals surface area contributed by atoms with Crippen LogP contribution in [-0.4, -0.2) is 35.0 Å². The molecule has 0 N–H and O–H groups in total. The number of nitrogens with zero attached hydrogens (tertiary/aromatic N) is 1. The van der Waals surface area contributed by atoms with E-state index in [2.05, 4.69) is 0 Å². The van der Waals surface area contributed by atoms with Gasteiger partial charge in [0.2, 0.25) is 5.91 Å². The quantitative estimate of drug-likeness (QED) is 0.688. The first kappa shape index (κ1) is 12.3. The smallest absolute Gasteiger partial charge is 0.220 e. The number of hydrogen-bond acceptors (Lipinski definition) is 3. The second kappa shape index (κ2) is 4.59. The average Bonchev–Trinajstić information content (AvgIpc) is 2.26. The highest BCUT2D eigenvalue weighted by Gasteiger charge is 2.41. The van der Waals surface area contributed by atoms with E-state index in [1.54, 1.807) is 4.90 Å². The van der Waals surface area contributed by atoms with E-state index in [1.807, 2.05) is 0 Å². The summed E-state index contributed by atoms with van der Waals surface area (Å²) in [6, 6.07) is -0.306. The predicted molar refractivity (Wildman–Crippen MR) is 62.3 cm³/mol. The highest BCUT2D eigenvalue weighted by atomic mass is 16.2. The van der Waals surface area contributed by atoms with Crippen LogP contribution in [0.2, 0.25) is 0 Å². The first-order chi connectivity index (χ1) is 7.99. The monoisotopic (exact) mass is 237 g/mol. The maximum Gasteiger partial charge on any atom is 0.220 e. The fourth-order valence-corrected chi connectivity index (χ4v) is 3.19. The standard InChI is InChI=1S/C13H19NO3/c1-8(15)13-6-11-5-12(17)4-3-10(11)7-14(13)9(2)16/h10-11,13H,3-7H2,1-2H3/t10-,11+,13-/m0/s1. The minimum atomic E-state index is -0.306. The molecule has 0 aromatic heterocycles. The van der Waals surface area contributed by atoms with Gasteiger partial charge < -0.3 is 4.90 Å². The number of piperidine rings is 1. The molecule has 1 amide bonds. The van der Waals surface area contributed by atoms with Crippen molar-refractivity contribution in [1.29, 1.82) is 0 Å². The number of fused-ring (bicyclic) bond motifs is 1. The minimum Gasteiger partial charge on any atom is -0.333 e. The SMILES string of the molecule is CC(=O)[C@@H]1C[C@H]2CC(=O)CC[C@H]2CN1C(C)=O. The molecular formula is C13H19NO3. The molecule has 1 saturated carbocycles. The molecule has 2 fully saturated rings. The third-order valence-corrected chi connectivity index (χ3v) is 4.16. The van der Waals surface area contributed by atoms with E-state index in [9.17, 15) is 14.4 Å². The normalized spacial score (nSPS) is 33.2. The molecule has 0 aromatic carbocycles. The molecule has 0 radical (unpaired) electrons. The zero-order valence-electron chi connectivity index (χ0n) is 10.4. The van der Waals surface area contributed by atoms with E-state index in [0.29, 0.717) is 43.4 Å². The van der Waals surface area contributed by atoms with Gasteiger partial charge in [-0.3, -0.25) is 14.4 Å². The van der Waals surface area contributed by atoms with Gasteiger partial charge in [0.1, 0.15) is 5.78 Å². The van der Waals surface area contributed by atoms with Gasteiger partial charge in [0.15, 0.2) is 5.78 Å². The third kappa shape index (κ3) is 2.40. The molecular weight excluding hydrogens is 218 g/mol. The average molecular weight is 237 g/mol. The number of Topliss-reactive ketones (excluding diaryl/α,β-unsaturated/α-hetero) is 2. The number of amides is 1. The predicted octanol–water partition coefficient (Wildman–Crippen LogP) is 1.18. The van der Waals surface area contributed by atoms with Crippen molar-refractivity contribution < 1.29 is 14.4 Å². The van der Waals surface area contributed by atoms with Gasteiger partial charge in [-0.1, -0.05) is 0 Å². The maximum absolute atomic E-state index is 11.6.